The first-order chi connectivity index (χ1) is 13.2. The molecule has 0 bridgehead atoms. The number of aryl methyl sites for hydroxylation is 2. The molecule has 0 amide bonds. The van der Waals surface area contributed by atoms with Crippen molar-refractivity contribution in [3.63, 3.8) is 0 Å². The first-order valence-corrected chi connectivity index (χ1v) is 10.0. The zero-order valence-corrected chi connectivity index (χ0v) is 18.2. The monoisotopic (exact) mass is 433 g/mol. The molecular weight excluding hydrogens is 405 g/mol. The summed E-state index contributed by atoms with van der Waals surface area (Å²) < 4.78 is 0. The van der Waals surface area contributed by atoms with Gasteiger partial charge in [-0.2, -0.15) is 0 Å². The molecule has 156 valence electrons. The lowest BCUT2D eigenvalue weighted by Gasteiger charge is -2.30. The van der Waals surface area contributed by atoms with Crippen molar-refractivity contribution < 1.29 is 9.90 Å². The fourth-order valence-electron chi connectivity index (χ4n) is 4.49. The van der Waals surface area contributed by atoms with E-state index in [1.54, 1.807) is 0 Å². The number of piperidine rings is 1. The molecule has 1 N–H and O–H groups in total. The fraction of sp³-hybridized carbons (Fsp3) is 0.375. The van der Waals surface area contributed by atoms with Gasteiger partial charge in [-0.1, -0.05) is 54.6 Å². The molecule has 0 radical (unpaired) electrons. The number of fused-ring (bicyclic) bond motifs is 2. The van der Waals surface area contributed by atoms with E-state index < -0.39 is 5.97 Å². The number of halogens is 2. The number of likely N-dealkylation sites (tertiary alicyclic amines) is 1. The van der Waals surface area contributed by atoms with Gasteiger partial charge in [0.25, 0.3) is 0 Å². The van der Waals surface area contributed by atoms with Crippen LogP contribution in [0.25, 0.3) is 5.57 Å². The van der Waals surface area contributed by atoms with Crippen molar-refractivity contribution in [1.82, 2.24) is 4.90 Å². The van der Waals surface area contributed by atoms with Gasteiger partial charge in [-0.3, -0.25) is 4.79 Å². The molecule has 1 saturated heterocycles. The van der Waals surface area contributed by atoms with Crippen LogP contribution in [-0.4, -0.2) is 35.6 Å². The molecule has 1 aliphatic carbocycles. The van der Waals surface area contributed by atoms with Crippen molar-refractivity contribution in [3.05, 3.63) is 76.9 Å². The Labute approximate surface area is 185 Å². The van der Waals surface area contributed by atoms with E-state index >= 15 is 0 Å². The number of hydrogen-bond acceptors (Lipinski definition) is 2. The minimum Gasteiger partial charge on any atom is -0.481 e. The molecule has 0 spiro atoms. The Bertz CT molecular complexity index is 816. The summed E-state index contributed by atoms with van der Waals surface area (Å²) in [7, 11) is 0. The molecule has 2 aliphatic rings. The Morgan fingerprint density at radius 1 is 1.00 bits per heavy atom. The summed E-state index contributed by atoms with van der Waals surface area (Å²) in [5.74, 6) is -0.851. The number of hydrogen-bond donors (Lipinski definition) is 1. The first kappa shape index (κ1) is 23.5. The lowest BCUT2D eigenvalue weighted by molar-refractivity contribution is -0.143. The Hall–Kier alpha value is -1.81. The molecule has 2 aromatic carbocycles. The van der Waals surface area contributed by atoms with Gasteiger partial charge >= 0.3 is 5.97 Å². The van der Waals surface area contributed by atoms with Gasteiger partial charge in [-0.05, 0) is 66.5 Å². The van der Waals surface area contributed by atoms with E-state index in [-0.39, 0.29) is 30.7 Å². The summed E-state index contributed by atoms with van der Waals surface area (Å²) in [6.45, 7) is 2.63. The third-order valence-electron chi connectivity index (χ3n) is 5.93. The van der Waals surface area contributed by atoms with E-state index in [2.05, 4.69) is 59.5 Å². The molecule has 2 aromatic rings. The molecule has 29 heavy (non-hydrogen) atoms. The van der Waals surface area contributed by atoms with Crippen LogP contribution in [-0.2, 0) is 17.6 Å². The van der Waals surface area contributed by atoms with Crippen molar-refractivity contribution in [2.75, 3.05) is 19.6 Å². The van der Waals surface area contributed by atoms with Gasteiger partial charge in [-0.25, -0.2) is 0 Å². The van der Waals surface area contributed by atoms with E-state index in [0.29, 0.717) is 6.54 Å². The van der Waals surface area contributed by atoms with Gasteiger partial charge in [0.1, 0.15) is 0 Å². The Morgan fingerprint density at radius 3 is 2.17 bits per heavy atom. The Balaban J connectivity index is 0.00000150. The van der Waals surface area contributed by atoms with Crippen molar-refractivity contribution in [2.24, 2.45) is 5.92 Å². The van der Waals surface area contributed by atoms with Gasteiger partial charge in [0, 0.05) is 13.1 Å². The zero-order valence-electron chi connectivity index (χ0n) is 16.5. The van der Waals surface area contributed by atoms with Gasteiger partial charge in [0.2, 0.25) is 0 Å². The fourth-order valence-corrected chi connectivity index (χ4v) is 4.49. The van der Waals surface area contributed by atoms with Crippen LogP contribution in [0.1, 0.15) is 41.5 Å². The highest BCUT2D eigenvalue weighted by Gasteiger charge is 2.25. The summed E-state index contributed by atoms with van der Waals surface area (Å²) in [5, 5.41) is 9.30. The molecule has 3 nitrogen and oxygen atoms in total. The van der Waals surface area contributed by atoms with Crippen LogP contribution >= 0.6 is 24.8 Å². The maximum atomic E-state index is 11.3. The quantitative estimate of drug-likeness (QED) is 0.715. The van der Waals surface area contributed by atoms with E-state index in [1.165, 1.54) is 27.8 Å². The molecule has 1 atom stereocenters. The zero-order chi connectivity index (χ0) is 18.6. The molecule has 1 heterocycles. The van der Waals surface area contributed by atoms with Crippen molar-refractivity contribution in [3.8, 4) is 0 Å². The minimum absolute atomic E-state index is 0. The smallest absolute Gasteiger partial charge is 0.307 e. The molecule has 0 aromatic heterocycles. The number of carbonyl (C=O) groups is 1. The molecule has 1 aliphatic heterocycles. The maximum absolute atomic E-state index is 11.3. The number of carboxylic acid groups (broad SMARTS) is 1. The van der Waals surface area contributed by atoms with Crippen molar-refractivity contribution in [2.45, 2.75) is 32.1 Å². The summed E-state index contributed by atoms with van der Waals surface area (Å²) in [6.07, 6.45) is 7.28. The van der Waals surface area contributed by atoms with Crippen molar-refractivity contribution >= 4 is 36.4 Å². The number of aliphatic carboxylic acids is 1. The van der Waals surface area contributed by atoms with Gasteiger partial charge in [0.15, 0.2) is 0 Å². The average Bonchev–Trinajstić information content (AvgIpc) is 2.86. The molecule has 0 saturated carbocycles. The van der Waals surface area contributed by atoms with Gasteiger partial charge in [-0.15, -0.1) is 24.8 Å². The molecule has 0 unspecified atom stereocenters. The van der Waals surface area contributed by atoms with Crippen LogP contribution in [0.4, 0.5) is 0 Å². The number of carboxylic acids is 1. The Morgan fingerprint density at radius 2 is 1.59 bits per heavy atom. The average molecular weight is 434 g/mol. The van der Waals surface area contributed by atoms with E-state index in [0.717, 1.165) is 45.2 Å². The standard InChI is InChI=1S/C24H27NO2.2ClH/c26-24(27)20-9-5-15-25(17-20)16-6-12-23-21-10-3-1-7-18(21)13-14-19-8-2-4-11-22(19)23;;/h1-4,7-8,10-12,20H,5-6,9,13-17H2,(H,26,27);2*1H/t20-;;/m0../s1. The van der Waals surface area contributed by atoms with Crippen LogP contribution in [0.2, 0.25) is 0 Å². The predicted octanol–water partition coefficient (Wildman–Crippen LogP) is 5.25. The van der Waals surface area contributed by atoms with E-state index in [4.69, 9.17) is 0 Å². The molecule has 4 rings (SSSR count). The molecule has 1 fully saturated rings. The highest BCUT2D eigenvalue weighted by Crippen LogP contribution is 2.33. The summed E-state index contributed by atoms with van der Waals surface area (Å²) in [6, 6.07) is 17.5. The third kappa shape index (κ3) is 5.42. The summed E-state index contributed by atoms with van der Waals surface area (Å²) >= 11 is 0. The molecule has 5 heteroatoms. The lowest BCUT2D eigenvalue weighted by atomic mass is 9.93. The van der Waals surface area contributed by atoms with Crippen LogP contribution < -0.4 is 0 Å². The van der Waals surface area contributed by atoms with Crippen molar-refractivity contribution in [1.29, 1.82) is 0 Å². The second kappa shape index (κ2) is 10.8. The predicted molar refractivity (Wildman–Crippen MR) is 123 cm³/mol. The topological polar surface area (TPSA) is 40.5 Å². The first-order valence-electron chi connectivity index (χ1n) is 10.0. The van der Waals surface area contributed by atoms with Crippen LogP contribution in [0.5, 0.6) is 0 Å². The number of benzene rings is 2. The lowest BCUT2D eigenvalue weighted by Crippen LogP contribution is -2.39. The highest BCUT2D eigenvalue weighted by atomic mass is 35.5. The molecular formula is C24H29Cl2NO2. The SMILES string of the molecule is Cl.Cl.O=C(O)[C@H]1CCCN(CCC=C2c3ccccc3CCc3ccccc32)C1. The maximum Gasteiger partial charge on any atom is 0.307 e. The van der Waals surface area contributed by atoms with Crippen LogP contribution in [0, 0.1) is 5.92 Å². The van der Waals surface area contributed by atoms with Gasteiger partial charge in [0.05, 0.1) is 5.92 Å². The second-order valence-corrected chi connectivity index (χ2v) is 7.70. The normalized spacial score (nSPS) is 18.3. The van der Waals surface area contributed by atoms with Gasteiger partial charge < -0.3 is 10.0 Å². The number of nitrogens with zero attached hydrogens (tertiary/aromatic N) is 1. The Kier molecular flexibility index (Phi) is 8.76. The third-order valence-corrected chi connectivity index (χ3v) is 5.93. The van der Waals surface area contributed by atoms with Crippen LogP contribution in [0.15, 0.2) is 54.6 Å². The second-order valence-electron chi connectivity index (χ2n) is 7.70. The summed E-state index contributed by atoms with van der Waals surface area (Å²) in [4.78, 5) is 13.6. The van der Waals surface area contributed by atoms with Crippen LogP contribution in [0.3, 0.4) is 0 Å². The highest BCUT2D eigenvalue weighted by molar-refractivity contribution is 5.86. The van der Waals surface area contributed by atoms with E-state index in [9.17, 15) is 9.90 Å². The van der Waals surface area contributed by atoms with E-state index in [1.807, 2.05) is 0 Å². The minimum atomic E-state index is -0.648. The largest absolute Gasteiger partial charge is 0.481 e. The number of rotatable bonds is 4. The summed E-state index contributed by atoms with van der Waals surface area (Å²) in [5.41, 5.74) is 6.88.